The maximum absolute atomic E-state index is 12.6. The van der Waals surface area contributed by atoms with Crippen LogP contribution in [0.15, 0.2) is 0 Å². The Morgan fingerprint density at radius 2 is 2.33 bits per heavy atom. The molecule has 21 heavy (non-hydrogen) atoms. The van der Waals surface area contributed by atoms with Crippen LogP contribution in [0.1, 0.15) is 16.6 Å². The summed E-state index contributed by atoms with van der Waals surface area (Å²) in [5.74, 6) is 0.279. The molecule has 118 valence electrons. The summed E-state index contributed by atoms with van der Waals surface area (Å²) in [6.07, 6.45) is 0. The van der Waals surface area contributed by atoms with Gasteiger partial charge in [0.25, 0.3) is 5.91 Å². The van der Waals surface area contributed by atoms with Gasteiger partial charge >= 0.3 is 0 Å². The average molecular weight is 313 g/mol. The third kappa shape index (κ3) is 3.84. The third-order valence-electron chi connectivity index (χ3n) is 3.68. The van der Waals surface area contributed by atoms with E-state index in [0.717, 1.165) is 19.6 Å². The van der Waals surface area contributed by atoms with Crippen molar-refractivity contribution in [2.75, 3.05) is 58.0 Å². The molecule has 0 aromatic carbocycles. The fourth-order valence-electron chi connectivity index (χ4n) is 2.20. The van der Waals surface area contributed by atoms with E-state index >= 15 is 0 Å². The van der Waals surface area contributed by atoms with Crippen LogP contribution in [0.2, 0.25) is 0 Å². The summed E-state index contributed by atoms with van der Waals surface area (Å²) in [4.78, 5) is 21.4. The zero-order valence-electron chi connectivity index (χ0n) is 12.8. The highest BCUT2D eigenvalue weighted by molar-refractivity contribution is 7.18. The Morgan fingerprint density at radius 3 is 3.00 bits per heavy atom. The van der Waals surface area contributed by atoms with Gasteiger partial charge in [0, 0.05) is 39.3 Å². The Morgan fingerprint density at radius 1 is 1.57 bits per heavy atom. The molecule has 1 atom stereocenters. The number of methoxy groups -OCH3 is 1. The highest BCUT2D eigenvalue weighted by atomic mass is 32.1. The Labute approximate surface area is 129 Å². The van der Waals surface area contributed by atoms with Crippen LogP contribution >= 0.6 is 11.3 Å². The summed E-state index contributed by atoms with van der Waals surface area (Å²) in [7, 11) is 3.72. The molecular weight excluding hydrogens is 290 g/mol. The first-order valence-corrected chi connectivity index (χ1v) is 7.83. The summed E-state index contributed by atoms with van der Waals surface area (Å²) in [5.41, 5.74) is 5.89. The van der Waals surface area contributed by atoms with Crippen molar-refractivity contribution in [1.82, 2.24) is 14.8 Å². The second-order valence-corrected chi connectivity index (χ2v) is 6.23. The largest absolute Gasteiger partial charge is 0.383 e. The van der Waals surface area contributed by atoms with E-state index in [4.69, 9.17) is 10.5 Å². The van der Waals surface area contributed by atoms with Gasteiger partial charge in [-0.1, -0.05) is 11.3 Å². The van der Waals surface area contributed by atoms with Crippen LogP contribution in [0, 0.1) is 0 Å². The van der Waals surface area contributed by atoms with Crippen LogP contribution in [0.25, 0.3) is 0 Å². The molecule has 0 radical (unpaired) electrons. The highest BCUT2D eigenvalue weighted by Gasteiger charge is 2.28. The van der Waals surface area contributed by atoms with E-state index in [1.165, 1.54) is 11.3 Å². The smallest absolute Gasteiger partial charge is 0.267 e. The molecule has 7 nitrogen and oxygen atoms in total. The number of thiazole rings is 1. The molecule has 1 aromatic heterocycles. The van der Waals surface area contributed by atoms with Crippen LogP contribution in [0.5, 0.6) is 0 Å². The summed E-state index contributed by atoms with van der Waals surface area (Å²) >= 11 is 1.31. The van der Waals surface area contributed by atoms with E-state index in [1.54, 1.807) is 7.11 Å². The lowest BCUT2D eigenvalue weighted by molar-refractivity contribution is 0.0578. The predicted molar refractivity (Wildman–Crippen MR) is 84.9 cm³/mol. The van der Waals surface area contributed by atoms with E-state index in [2.05, 4.69) is 29.2 Å². The lowest BCUT2D eigenvalue weighted by atomic mass is 10.2. The molecule has 1 aromatic rings. The number of piperazine rings is 1. The number of hydrogen-bond donors (Lipinski definition) is 2. The van der Waals surface area contributed by atoms with Crippen molar-refractivity contribution in [2.24, 2.45) is 0 Å². The number of rotatable bonds is 5. The van der Waals surface area contributed by atoms with E-state index in [-0.39, 0.29) is 5.91 Å². The lowest BCUT2D eigenvalue weighted by Gasteiger charge is -2.37. The number of nitrogen functional groups attached to an aromatic ring is 1. The van der Waals surface area contributed by atoms with E-state index in [1.807, 2.05) is 4.90 Å². The van der Waals surface area contributed by atoms with Gasteiger partial charge < -0.3 is 25.6 Å². The third-order valence-corrected chi connectivity index (χ3v) is 4.69. The fourth-order valence-corrected chi connectivity index (χ4v) is 3.08. The van der Waals surface area contributed by atoms with Gasteiger partial charge in [-0.15, -0.1) is 0 Å². The van der Waals surface area contributed by atoms with Gasteiger partial charge in [0.15, 0.2) is 5.13 Å². The zero-order valence-corrected chi connectivity index (χ0v) is 13.6. The molecule has 0 aliphatic carbocycles. The average Bonchev–Trinajstić information content (AvgIpc) is 2.82. The zero-order chi connectivity index (χ0) is 15.4. The van der Waals surface area contributed by atoms with Crippen molar-refractivity contribution in [1.29, 1.82) is 0 Å². The normalized spacial score (nSPS) is 19.8. The molecule has 0 spiro atoms. The van der Waals surface area contributed by atoms with Gasteiger partial charge in [-0.25, -0.2) is 4.98 Å². The molecule has 1 fully saturated rings. The number of ether oxygens (including phenoxy) is 1. The van der Waals surface area contributed by atoms with E-state index < -0.39 is 0 Å². The number of nitrogens with zero attached hydrogens (tertiary/aromatic N) is 3. The second kappa shape index (κ2) is 7.06. The maximum atomic E-state index is 12.6. The second-order valence-electron chi connectivity index (χ2n) is 5.23. The molecule has 1 amide bonds. The van der Waals surface area contributed by atoms with Crippen LogP contribution in [-0.4, -0.2) is 73.7 Å². The SMILES string of the molecule is COCCNc1nc(N)c(C(=O)N2CCN(C)C(C)C2)s1. The van der Waals surface area contributed by atoms with Crippen molar-refractivity contribution in [3.05, 3.63) is 4.88 Å². The molecule has 2 heterocycles. The number of nitrogens with one attached hydrogen (secondary N) is 1. The summed E-state index contributed by atoms with van der Waals surface area (Å²) in [6, 6.07) is 0.358. The highest BCUT2D eigenvalue weighted by Crippen LogP contribution is 2.27. The number of amides is 1. The maximum Gasteiger partial charge on any atom is 0.267 e. The molecule has 8 heteroatoms. The van der Waals surface area contributed by atoms with Crippen molar-refractivity contribution in [3.63, 3.8) is 0 Å². The van der Waals surface area contributed by atoms with Gasteiger partial charge in [-0.2, -0.15) is 0 Å². The minimum Gasteiger partial charge on any atom is -0.383 e. The number of hydrogen-bond acceptors (Lipinski definition) is 7. The van der Waals surface area contributed by atoms with Crippen LogP contribution < -0.4 is 11.1 Å². The van der Waals surface area contributed by atoms with Gasteiger partial charge in [-0.3, -0.25) is 4.79 Å². The Hall–Kier alpha value is -1.38. The molecule has 1 saturated heterocycles. The Bertz CT molecular complexity index is 493. The van der Waals surface area contributed by atoms with Gasteiger partial charge in [0.1, 0.15) is 10.7 Å². The first kappa shape index (κ1) is 16.0. The molecule has 3 N–H and O–H groups in total. The molecule has 0 saturated carbocycles. The molecular formula is C13H23N5O2S. The lowest BCUT2D eigenvalue weighted by Crippen LogP contribution is -2.51. The standard InChI is InChI=1S/C13H23N5O2S/c1-9-8-18(6-5-17(9)2)12(19)10-11(14)16-13(21-10)15-4-7-20-3/h9H,4-8,14H2,1-3H3,(H,15,16). The van der Waals surface area contributed by atoms with Crippen molar-refractivity contribution >= 4 is 28.2 Å². The number of aromatic nitrogens is 1. The van der Waals surface area contributed by atoms with Crippen molar-refractivity contribution in [3.8, 4) is 0 Å². The molecule has 1 unspecified atom stereocenters. The quantitative estimate of drug-likeness (QED) is 0.773. The van der Waals surface area contributed by atoms with E-state index in [9.17, 15) is 4.79 Å². The number of anilines is 2. The van der Waals surface area contributed by atoms with Crippen molar-refractivity contribution < 1.29 is 9.53 Å². The molecule has 1 aliphatic heterocycles. The minimum absolute atomic E-state index is 0.0234. The van der Waals surface area contributed by atoms with Gasteiger partial charge in [0.05, 0.1) is 6.61 Å². The first-order valence-electron chi connectivity index (χ1n) is 7.01. The fraction of sp³-hybridized carbons (Fsp3) is 0.692. The molecule has 1 aliphatic rings. The van der Waals surface area contributed by atoms with Crippen LogP contribution in [0.3, 0.4) is 0 Å². The predicted octanol–water partition coefficient (Wildman–Crippen LogP) is 0.560. The number of carbonyl (C=O) groups is 1. The number of likely N-dealkylation sites (N-methyl/N-ethyl adjacent to an activating group) is 1. The van der Waals surface area contributed by atoms with Crippen LogP contribution in [0.4, 0.5) is 10.9 Å². The minimum atomic E-state index is -0.0234. The van der Waals surface area contributed by atoms with Crippen LogP contribution in [-0.2, 0) is 4.74 Å². The monoisotopic (exact) mass is 313 g/mol. The van der Waals surface area contributed by atoms with Crippen molar-refractivity contribution in [2.45, 2.75) is 13.0 Å². The Balaban J connectivity index is 2.02. The van der Waals surface area contributed by atoms with Gasteiger partial charge in [-0.05, 0) is 14.0 Å². The van der Waals surface area contributed by atoms with Gasteiger partial charge in [0.2, 0.25) is 0 Å². The first-order chi connectivity index (χ1) is 10.0. The molecule has 2 rings (SSSR count). The topological polar surface area (TPSA) is 83.7 Å². The summed E-state index contributed by atoms with van der Waals surface area (Å²) in [6.45, 7) is 5.67. The van der Waals surface area contributed by atoms with E-state index in [0.29, 0.717) is 35.0 Å². The summed E-state index contributed by atoms with van der Waals surface area (Å²) < 4.78 is 4.97. The molecule has 0 bridgehead atoms. The Kier molecular flexibility index (Phi) is 5.38. The number of carbonyl (C=O) groups excluding carboxylic acids is 1. The summed E-state index contributed by atoms with van der Waals surface area (Å²) in [5, 5.41) is 3.77. The number of nitrogens with two attached hydrogens (primary N) is 1.